The maximum absolute atomic E-state index is 12.1. The minimum Gasteiger partial charge on any atom is -0.314 e. The maximum Gasteiger partial charge on any atom is 0.279 e. The molecule has 2 N–H and O–H groups in total. The van der Waals surface area contributed by atoms with Gasteiger partial charge in [0.1, 0.15) is 0 Å². The van der Waals surface area contributed by atoms with Crippen LogP contribution in [-0.2, 0) is 10.2 Å². The highest BCUT2D eigenvalue weighted by Gasteiger charge is 2.32. The van der Waals surface area contributed by atoms with Gasteiger partial charge in [0.2, 0.25) is 0 Å². The van der Waals surface area contributed by atoms with Gasteiger partial charge in [-0.05, 0) is 25.5 Å². The van der Waals surface area contributed by atoms with Crippen LogP contribution in [0.1, 0.15) is 19.8 Å². The average Bonchev–Trinajstić information content (AvgIpc) is 2.76. The molecule has 0 aliphatic carbocycles. The van der Waals surface area contributed by atoms with Crippen LogP contribution in [-0.4, -0.2) is 55.9 Å². The Hall–Kier alpha value is 0.180. The van der Waals surface area contributed by atoms with Crippen LogP contribution in [0.3, 0.4) is 0 Å². The molecular formula is C10H21N3O2S2. The molecule has 2 fully saturated rings. The second-order valence-electron chi connectivity index (χ2n) is 4.88. The quantitative estimate of drug-likeness (QED) is 0.761. The molecule has 0 radical (unpaired) electrons. The Bertz CT molecular complexity index is 347. The van der Waals surface area contributed by atoms with Gasteiger partial charge in [0.25, 0.3) is 10.2 Å². The predicted molar refractivity (Wildman–Crippen MR) is 71.5 cm³/mol. The van der Waals surface area contributed by atoms with Crippen LogP contribution < -0.4 is 10.0 Å². The Labute approximate surface area is 108 Å². The Kier molecular flexibility index (Phi) is 4.35. The van der Waals surface area contributed by atoms with Crippen molar-refractivity contribution in [3.8, 4) is 0 Å². The summed E-state index contributed by atoms with van der Waals surface area (Å²) in [6.45, 7) is 5.31. The van der Waals surface area contributed by atoms with E-state index in [0.29, 0.717) is 19.6 Å². The molecule has 7 heteroatoms. The zero-order valence-corrected chi connectivity index (χ0v) is 11.9. The number of piperazine rings is 1. The van der Waals surface area contributed by atoms with E-state index in [-0.39, 0.29) is 4.75 Å². The lowest BCUT2D eigenvalue weighted by atomic mass is 10.1. The molecule has 0 aromatic rings. The molecule has 1 unspecified atom stereocenters. The lowest BCUT2D eigenvalue weighted by molar-refractivity contribution is 0.353. The number of hydrogen-bond donors (Lipinski definition) is 2. The standard InChI is InChI=1S/C10H21N3O2S2/c1-10(3-2-8-16-10)9-12-17(14,15)13-6-4-11-5-7-13/h11-12H,2-9H2,1H3. The fourth-order valence-corrected chi connectivity index (χ4v) is 4.88. The molecule has 0 bridgehead atoms. The first-order chi connectivity index (χ1) is 8.02. The molecule has 5 nitrogen and oxygen atoms in total. The first kappa shape index (κ1) is 13.6. The van der Waals surface area contributed by atoms with E-state index >= 15 is 0 Å². The van der Waals surface area contributed by atoms with Gasteiger partial charge in [0.05, 0.1) is 0 Å². The Morgan fingerprint density at radius 3 is 2.71 bits per heavy atom. The zero-order chi connectivity index (χ0) is 12.4. The van der Waals surface area contributed by atoms with Crippen LogP contribution in [0.2, 0.25) is 0 Å². The topological polar surface area (TPSA) is 61.4 Å². The molecule has 2 aliphatic heterocycles. The van der Waals surface area contributed by atoms with Crippen LogP contribution in [0.5, 0.6) is 0 Å². The molecule has 0 saturated carbocycles. The summed E-state index contributed by atoms with van der Waals surface area (Å²) in [5.74, 6) is 1.14. The summed E-state index contributed by atoms with van der Waals surface area (Å²) in [6, 6.07) is 0. The maximum atomic E-state index is 12.1. The van der Waals surface area contributed by atoms with Gasteiger partial charge in [-0.15, -0.1) is 0 Å². The normalized spacial score (nSPS) is 31.8. The smallest absolute Gasteiger partial charge is 0.279 e. The third kappa shape index (κ3) is 3.57. The molecule has 0 aromatic heterocycles. The Morgan fingerprint density at radius 1 is 1.41 bits per heavy atom. The van der Waals surface area contributed by atoms with E-state index in [1.807, 2.05) is 11.8 Å². The van der Waals surface area contributed by atoms with Crippen LogP contribution >= 0.6 is 11.8 Å². The van der Waals surface area contributed by atoms with Crippen molar-refractivity contribution in [1.29, 1.82) is 0 Å². The lowest BCUT2D eigenvalue weighted by Crippen LogP contribution is -2.52. The van der Waals surface area contributed by atoms with Crippen molar-refractivity contribution < 1.29 is 8.42 Å². The van der Waals surface area contributed by atoms with Gasteiger partial charge in [-0.3, -0.25) is 0 Å². The summed E-state index contributed by atoms with van der Waals surface area (Å²) < 4.78 is 28.5. The number of thioether (sulfide) groups is 1. The van der Waals surface area contributed by atoms with Crippen molar-refractivity contribution >= 4 is 22.0 Å². The van der Waals surface area contributed by atoms with E-state index in [1.54, 1.807) is 0 Å². The van der Waals surface area contributed by atoms with Gasteiger partial charge >= 0.3 is 0 Å². The van der Waals surface area contributed by atoms with Gasteiger partial charge in [-0.2, -0.15) is 24.5 Å². The van der Waals surface area contributed by atoms with Crippen LogP contribution in [0, 0.1) is 0 Å². The van der Waals surface area contributed by atoms with Crippen molar-refractivity contribution in [3.05, 3.63) is 0 Å². The van der Waals surface area contributed by atoms with Crippen LogP contribution in [0.15, 0.2) is 0 Å². The summed E-state index contributed by atoms with van der Waals surface area (Å²) in [4.78, 5) is 0. The minimum atomic E-state index is -3.28. The second kappa shape index (κ2) is 5.44. The number of nitrogens with one attached hydrogen (secondary N) is 2. The molecular weight excluding hydrogens is 258 g/mol. The molecule has 1 atom stereocenters. The lowest BCUT2D eigenvalue weighted by Gasteiger charge is -2.29. The summed E-state index contributed by atoms with van der Waals surface area (Å²) >= 11 is 1.87. The number of hydrogen-bond acceptors (Lipinski definition) is 4. The van der Waals surface area contributed by atoms with E-state index < -0.39 is 10.2 Å². The van der Waals surface area contributed by atoms with Crippen molar-refractivity contribution in [2.75, 3.05) is 38.5 Å². The minimum absolute atomic E-state index is 0.0844. The first-order valence-electron chi connectivity index (χ1n) is 6.11. The van der Waals surface area contributed by atoms with Crippen LogP contribution in [0.4, 0.5) is 0 Å². The fraction of sp³-hybridized carbons (Fsp3) is 1.00. The largest absolute Gasteiger partial charge is 0.314 e. The molecule has 0 aromatic carbocycles. The summed E-state index contributed by atoms with van der Waals surface area (Å²) in [5, 5.41) is 3.15. The van der Waals surface area contributed by atoms with Crippen molar-refractivity contribution in [2.45, 2.75) is 24.5 Å². The van der Waals surface area contributed by atoms with Gasteiger partial charge in [-0.25, -0.2) is 4.72 Å². The third-order valence-corrected chi connectivity index (χ3v) is 6.44. The fourth-order valence-electron chi connectivity index (χ4n) is 2.20. The zero-order valence-electron chi connectivity index (χ0n) is 10.2. The summed E-state index contributed by atoms with van der Waals surface area (Å²) in [6.07, 6.45) is 2.29. The molecule has 2 heterocycles. The van der Waals surface area contributed by atoms with Gasteiger partial charge in [-0.1, -0.05) is 0 Å². The summed E-state index contributed by atoms with van der Waals surface area (Å²) in [7, 11) is -3.28. The molecule has 0 spiro atoms. The SMILES string of the molecule is CC1(CNS(=O)(=O)N2CCNCC2)CCCS1. The molecule has 2 aliphatic rings. The van der Waals surface area contributed by atoms with E-state index in [9.17, 15) is 8.42 Å². The van der Waals surface area contributed by atoms with E-state index in [1.165, 1.54) is 10.7 Å². The van der Waals surface area contributed by atoms with Crippen molar-refractivity contribution in [3.63, 3.8) is 0 Å². The van der Waals surface area contributed by atoms with E-state index in [0.717, 1.165) is 25.3 Å². The van der Waals surface area contributed by atoms with Crippen molar-refractivity contribution in [1.82, 2.24) is 14.3 Å². The average molecular weight is 279 g/mol. The molecule has 2 saturated heterocycles. The van der Waals surface area contributed by atoms with E-state index in [2.05, 4.69) is 17.0 Å². The van der Waals surface area contributed by atoms with Gasteiger partial charge in [0.15, 0.2) is 0 Å². The molecule has 17 heavy (non-hydrogen) atoms. The molecule has 2 rings (SSSR count). The number of rotatable bonds is 4. The molecule has 100 valence electrons. The van der Waals surface area contributed by atoms with Crippen molar-refractivity contribution in [2.24, 2.45) is 0 Å². The monoisotopic (exact) mass is 279 g/mol. The van der Waals surface area contributed by atoms with Gasteiger partial charge in [0, 0.05) is 37.5 Å². The highest BCUT2D eigenvalue weighted by atomic mass is 32.2. The van der Waals surface area contributed by atoms with Gasteiger partial charge < -0.3 is 5.32 Å². The predicted octanol–water partition coefficient (Wildman–Crippen LogP) is 0.0117. The number of nitrogens with zero attached hydrogens (tertiary/aromatic N) is 1. The third-order valence-electron chi connectivity index (χ3n) is 3.34. The van der Waals surface area contributed by atoms with Crippen LogP contribution in [0.25, 0.3) is 0 Å². The highest BCUT2D eigenvalue weighted by molar-refractivity contribution is 8.00. The summed E-state index contributed by atoms with van der Waals surface area (Å²) in [5.41, 5.74) is 0. The second-order valence-corrected chi connectivity index (χ2v) is 8.31. The van der Waals surface area contributed by atoms with E-state index in [4.69, 9.17) is 0 Å². The highest BCUT2D eigenvalue weighted by Crippen LogP contribution is 2.37. The first-order valence-corrected chi connectivity index (χ1v) is 8.54. The Balaban J connectivity index is 1.88. The Morgan fingerprint density at radius 2 is 2.12 bits per heavy atom. The molecule has 0 amide bonds.